The Labute approximate surface area is 203 Å². The van der Waals surface area contributed by atoms with Crippen LogP contribution in [0.25, 0.3) is 0 Å². The Kier molecular flexibility index (Phi) is 9.29. The molecule has 0 spiro atoms. The second kappa shape index (κ2) is 11.9. The molecule has 0 bridgehead atoms. The molecule has 1 saturated heterocycles. The van der Waals surface area contributed by atoms with Crippen molar-refractivity contribution in [3.05, 3.63) is 69.7 Å². The van der Waals surface area contributed by atoms with Crippen LogP contribution in [0.15, 0.2) is 48.5 Å². The van der Waals surface area contributed by atoms with Crippen LogP contribution in [0, 0.1) is 0 Å². The Morgan fingerprint density at radius 2 is 1.84 bits per heavy atom. The van der Waals surface area contributed by atoms with E-state index in [9.17, 15) is 9.59 Å². The van der Waals surface area contributed by atoms with Crippen LogP contribution in [0.2, 0.25) is 10.0 Å². The van der Waals surface area contributed by atoms with Gasteiger partial charge in [0.05, 0.1) is 10.6 Å². The number of thioether (sulfide) groups is 1. The fraction of sp³-hybridized carbons (Fsp3) is 0.417. The molecule has 0 aromatic heterocycles. The lowest BCUT2D eigenvalue weighted by atomic mass is 9.74. The van der Waals surface area contributed by atoms with Crippen LogP contribution in [-0.2, 0) is 14.9 Å². The number of hydrogen-bond donors (Lipinski definition) is 2. The summed E-state index contributed by atoms with van der Waals surface area (Å²) in [6.45, 7) is 1.81. The van der Waals surface area contributed by atoms with E-state index in [0.29, 0.717) is 36.8 Å². The van der Waals surface area contributed by atoms with E-state index in [1.165, 1.54) is 11.6 Å². The van der Waals surface area contributed by atoms with Crippen molar-refractivity contribution >= 4 is 46.8 Å². The van der Waals surface area contributed by atoms with Gasteiger partial charge in [-0.05, 0) is 55.0 Å². The molecule has 0 aliphatic carbocycles. The molecule has 5 nitrogen and oxygen atoms in total. The van der Waals surface area contributed by atoms with E-state index in [0.717, 1.165) is 18.6 Å². The number of halogens is 2. The van der Waals surface area contributed by atoms with Crippen LogP contribution in [0.5, 0.6) is 0 Å². The number of carbonyl (C=O) groups is 2. The average Bonchev–Trinajstić information content (AvgIpc) is 2.81. The molecule has 2 amide bonds. The van der Waals surface area contributed by atoms with Crippen molar-refractivity contribution in [1.29, 1.82) is 0 Å². The summed E-state index contributed by atoms with van der Waals surface area (Å²) in [5.74, 6) is 0.153. The molecule has 1 aliphatic heterocycles. The number of carbonyl (C=O) groups excluding carboxylic acids is 2. The third kappa shape index (κ3) is 6.41. The van der Waals surface area contributed by atoms with E-state index in [1.54, 1.807) is 23.9 Å². The van der Waals surface area contributed by atoms with Crippen molar-refractivity contribution in [2.45, 2.75) is 30.7 Å². The van der Waals surface area contributed by atoms with Gasteiger partial charge in [0.15, 0.2) is 0 Å². The van der Waals surface area contributed by atoms with Crippen molar-refractivity contribution in [3.8, 4) is 0 Å². The molecular formula is C24H28Cl2N2O3S. The summed E-state index contributed by atoms with van der Waals surface area (Å²) in [7, 11) is 0. The standard InChI is InChI=1S/C24H28Cl2N2O3S/c1-32-14-9-21(28-22(29)19-8-7-18(25)15-20(19)26)23(30)27-16-24(10-12-31-13-11-24)17-5-3-2-4-6-17/h2-8,15,21H,9-14,16H2,1H3,(H,27,30)(H,28,29). The highest BCUT2D eigenvalue weighted by Crippen LogP contribution is 2.34. The van der Waals surface area contributed by atoms with Crippen LogP contribution in [0.3, 0.4) is 0 Å². The van der Waals surface area contributed by atoms with E-state index in [1.807, 2.05) is 24.5 Å². The van der Waals surface area contributed by atoms with Gasteiger partial charge >= 0.3 is 0 Å². The van der Waals surface area contributed by atoms with Crippen molar-refractivity contribution in [2.24, 2.45) is 0 Å². The topological polar surface area (TPSA) is 67.4 Å². The van der Waals surface area contributed by atoms with Crippen LogP contribution in [0.4, 0.5) is 0 Å². The fourth-order valence-corrected chi connectivity index (χ4v) is 4.88. The first-order valence-electron chi connectivity index (χ1n) is 10.6. The largest absolute Gasteiger partial charge is 0.381 e. The van der Waals surface area contributed by atoms with Crippen LogP contribution in [-0.4, -0.2) is 49.6 Å². The summed E-state index contributed by atoms with van der Waals surface area (Å²) in [5.41, 5.74) is 1.31. The molecule has 1 atom stereocenters. The van der Waals surface area contributed by atoms with Crippen LogP contribution < -0.4 is 10.6 Å². The van der Waals surface area contributed by atoms with E-state index in [4.69, 9.17) is 27.9 Å². The van der Waals surface area contributed by atoms with Gasteiger partial charge in [0.25, 0.3) is 5.91 Å². The maximum Gasteiger partial charge on any atom is 0.253 e. The van der Waals surface area contributed by atoms with Crippen molar-refractivity contribution in [2.75, 3.05) is 31.8 Å². The van der Waals surface area contributed by atoms with Gasteiger partial charge < -0.3 is 15.4 Å². The molecule has 2 aromatic rings. The quantitative estimate of drug-likeness (QED) is 0.529. The molecule has 1 heterocycles. The zero-order chi connectivity index (χ0) is 23.0. The minimum atomic E-state index is -0.658. The van der Waals surface area contributed by atoms with E-state index >= 15 is 0 Å². The summed E-state index contributed by atoms with van der Waals surface area (Å²) < 4.78 is 5.58. The predicted molar refractivity (Wildman–Crippen MR) is 132 cm³/mol. The van der Waals surface area contributed by atoms with Crippen molar-refractivity contribution in [1.82, 2.24) is 10.6 Å². The maximum atomic E-state index is 13.2. The van der Waals surface area contributed by atoms with Gasteiger partial charge in [-0.2, -0.15) is 11.8 Å². The third-order valence-corrected chi connectivity index (χ3v) is 7.04. The molecule has 32 heavy (non-hydrogen) atoms. The zero-order valence-electron chi connectivity index (χ0n) is 18.0. The zero-order valence-corrected chi connectivity index (χ0v) is 20.4. The Morgan fingerprint density at radius 3 is 2.50 bits per heavy atom. The number of ether oxygens (including phenoxy) is 1. The number of rotatable bonds is 9. The van der Waals surface area contributed by atoms with Crippen LogP contribution >= 0.6 is 35.0 Å². The van der Waals surface area contributed by atoms with Crippen molar-refractivity contribution in [3.63, 3.8) is 0 Å². The molecule has 2 aromatic carbocycles. The first kappa shape index (κ1) is 24.9. The molecule has 8 heteroatoms. The summed E-state index contributed by atoms with van der Waals surface area (Å²) >= 11 is 13.7. The fourth-order valence-electron chi connectivity index (χ4n) is 3.91. The average molecular weight is 495 g/mol. The SMILES string of the molecule is CSCCC(NC(=O)c1ccc(Cl)cc1Cl)C(=O)NCC1(c2ccccc2)CCOCC1. The molecule has 1 aliphatic rings. The molecule has 3 rings (SSSR count). The highest BCUT2D eigenvalue weighted by atomic mass is 35.5. The van der Waals surface area contributed by atoms with Crippen LogP contribution in [0.1, 0.15) is 35.2 Å². The van der Waals surface area contributed by atoms with Gasteiger partial charge in [0.2, 0.25) is 5.91 Å². The second-order valence-corrected chi connectivity index (χ2v) is 9.74. The van der Waals surface area contributed by atoms with Gasteiger partial charge in [-0.15, -0.1) is 0 Å². The Morgan fingerprint density at radius 1 is 1.12 bits per heavy atom. The Hall–Kier alpha value is -1.73. The van der Waals surface area contributed by atoms with Gasteiger partial charge in [-0.3, -0.25) is 9.59 Å². The van der Waals surface area contributed by atoms with Crippen molar-refractivity contribution < 1.29 is 14.3 Å². The number of nitrogens with one attached hydrogen (secondary N) is 2. The minimum absolute atomic E-state index is 0.178. The molecule has 0 saturated carbocycles. The Bertz CT molecular complexity index is 921. The smallest absolute Gasteiger partial charge is 0.253 e. The summed E-state index contributed by atoms with van der Waals surface area (Å²) in [6.07, 6.45) is 4.16. The highest BCUT2D eigenvalue weighted by Gasteiger charge is 2.35. The minimum Gasteiger partial charge on any atom is -0.381 e. The van der Waals surface area contributed by atoms with Gasteiger partial charge in [0, 0.05) is 30.2 Å². The van der Waals surface area contributed by atoms with Gasteiger partial charge in [0.1, 0.15) is 6.04 Å². The highest BCUT2D eigenvalue weighted by molar-refractivity contribution is 7.98. The third-order valence-electron chi connectivity index (χ3n) is 5.85. The van der Waals surface area contributed by atoms with E-state index in [-0.39, 0.29) is 16.3 Å². The van der Waals surface area contributed by atoms with Gasteiger partial charge in [-0.25, -0.2) is 0 Å². The lowest BCUT2D eigenvalue weighted by molar-refractivity contribution is -0.123. The summed E-state index contributed by atoms with van der Waals surface area (Å²) in [5, 5.41) is 6.66. The predicted octanol–water partition coefficient (Wildman–Crippen LogP) is 4.71. The molecule has 172 valence electrons. The van der Waals surface area contributed by atoms with Gasteiger partial charge in [-0.1, -0.05) is 53.5 Å². The monoisotopic (exact) mass is 494 g/mol. The molecule has 1 unspecified atom stereocenters. The number of benzene rings is 2. The Balaban J connectivity index is 1.71. The number of hydrogen-bond acceptors (Lipinski definition) is 4. The summed E-state index contributed by atoms with van der Waals surface area (Å²) in [6, 6.07) is 14.3. The van der Waals surface area contributed by atoms with E-state index < -0.39 is 11.9 Å². The lowest BCUT2D eigenvalue weighted by Crippen LogP contribution is -2.51. The number of amides is 2. The first-order valence-corrected chi connectivity index (χ1v) is 12.8. The normalized spacial score (nSPS) is 16.2. The second-order valence-electron chi connectivity index (χ2n) is 7.91. The summed E-state index contributed by atoms with van der Waals surface area (Å²) in [4.78, 5) is 26.0. The molecule has 0 radical (unpaired) electrons. The molecule has 1 fully saturated rings. The molecule has 2 N–H and O–H groups in total. The lowest BCUT2D eigenvalue weighted by Gasteiger charge is -2.38. The van der Waals surface area contributed by atoms with E-state index in [2.05, 4.69) is 22.8 Å². The molecular weight excluding hydrogens is 467 g/mol. The first-order chi connectivity index (χ1) is 15.4. The maximum absolute atomic E-state index is 13.2.